The molecule has 3 rings (SSSR count). The fourth-order valence-electron chi connectivity index (χ4n) is 2.68. The van der Waals surface area contributed by atoms with E-state index in [1.54, 1.807) is 23.4 Å². The molecular weight excluding hydrogens is 268 g/mol. The second kappa shape index (κ2) is 5.97. The summed E-state index contributed by atoms with van der Waals surface area (Å²) in [5, 5.41) is 17.6. The standard InChI is InChI=1S/C15H16N4O2/c20-14-4-7-19(15(21)12-3-6-17-18-10-12)13(14)8-11-2-1-5-16-9-11/h1-3,5-6,9-10,13-14,20H,4,7-8H2/t13-,14+/m0/s1. The van der Waals surface area contributed by atoms with Gasteiger partial charge in [0.2, 0.25) is 0 Å². The number of aromatic nitrogens is 3. The molecule has 0 spiro atoms. The van der Waals surface area contributed by atoms with Gasteiger partial charge in [0.05, 0.1) is 30.1 Å². The van der Waals surface area contributed by atoms with Gasteiger partial charge in [-0.3, -0.25) is 9.78 Å². The number of carbonyl (C=O) groups excluding carboxylic acids is 1. The molecule has 6 nitrogen and oxygen atoms in total. The molecule has 0 bridgehead atoms. The van der Waals surface area contributed by atoms with Crippen LogP contribution in [0.4, 0.5) is 0 Å². The fraction of sp³-hybridized carbons (Fsp3) is 0.333. The molecule has 1 N–H and O–H groups in total. The van der Waals surface area contributed by atoms with Crippen LogP contribution in [0.2, 0.25) is 0 Å². The van der Waals surface area contributed by atoms with Crippen LogP contribution in [0.1, 0.15) is 22.3 Å². The molecule has 108 valence electrons. The zero-order chi connectivity index (χ0) is 14.7. The van der Waals surface area contributed by atoms with E-state index in [1.807, 2.05) is 12.1 Å². The summed E-state index contributed by atoms with van der Waals surface area (Å²) in [6.45, 7) is 0.549. The van der Waals surface area contributed by atoms with E-state index >= 15 is 0 Å². The van der Waals surface area contributed by atoms with Crippen LogP contribution in [0.3, 0.4) is 0 Å². The Hall–Kier alpha value is -2.34. The lowest BCUT2D eigenvalue weighted by molar-refractivity contribution is 0.0639. The van der Waals surface area contributed by atoms with E-state index < -0.39 is 6.10 Å². The van der Waals surface area contributed by atoms with Crippen LogP contribution in [0.5, 0.6) is 0 Å². The second-order valence-corrected chi connectivity index (χ2v) is 5.12. The van der Waals surface area contributed by atoms with Crippen molar-refractivity contribution in [3.8, 4) is 0 Å². The van der Waals surface area contributed by atoms with E-state index in [-0.39, 0.29) is 11.9 Å². The first-order valence-electron chi connectivity index (χ1n) is 6.90. The molecule has 2 aromatic rings. The summed E-state index contributed by atoms with van der Waals surface area (Å²) in [5.74, 6) is -0.115. The summed E-state index contributed by atoms with van der Waals surface area (Å²) < 4.78 is 0. The molecule has 21 heavy (non-hydrogen) atoms. The molecule has 0 aromatic carbocycles. The molecule has 2 atom stereocenters. The number of hydrogen-bond donors (Lipinski definition) is 1. The maximum atomic E-state index is 12.5. The van der Waals surface area contributed by atoms with Crippen molar-refractivity contribution in [2.75, 3.05) is 6.54 Å². The fourth-order valence-corrected chi connectivity index (χ4v) is 2.68. The highest BCUT2D eigenvalue weighted by Crippen LogP contribution is 2.23. The van der Waals surface area contributed by atoms with Gasteiger partial charge >= 0.3 is 0 Å². The average molecular weight is 284 g/mol. The van der Waals surface area contributed by atoms with Gasteiger partial charge in [0.1, 0.15) is 0 Å². The van der Waals surface area contributed by atoms with Gasteiger partial charge in [-0.25, -0.2) is 0 Å². The van der Waals surface area contributed by atoms with E-state index in [1.165, 1.54) is 12.4 Å². The monoisotopic (exact) mass is 284 g/mol. The first-order valence-corrected chi connectivity index (χ1v) is 6.90. The quantitative estimate of drug-likeness (QED) is 0.897. The van der Waals surface area contributed by atoms with E-state index in [9.17, 15) is 9.90 Å². The van der Waals surface area contributed by atoms with Crippen LogP contribution < -0.4 is 0 Å². The largest absolute Gasteiger partial charge is 0.391 e. The van der Waals surface area contributed by atoms with E-state index in [0.29, 0.717) is 24.9 Å². The lowest BCUT2D eigenvalue weighted by atomic mass is 10.0. The van der Waals surface area contributed by atoms with Crippen molar-refractivity contribution in [3.63, 3.8) is 0 Å². The molecule has 1 aliphatic rings. The van der Waals surface area contributed by atoms with Crippen molar-refractivity contribution < 1.29 is 9.90 Å². The molecule has 6 heteroatoms. The minimum Gasteiger partial charge on any atom is -0.391 e. The number of rotatable bonds is 3. The first kappa shape index (κ1) is 13.6. The van der Waals surface area contributed by atoms with Gasteiger partial charge in [-0.1, -0.05) is 6.07 Å². The molecule has 1 amide bonds. The smallest absolute Gasteiger partial charge is 0.255 e. The summed E-state index contributed by atoms with van der Waals surface area (Å²) in [4.78, 5) is 18.3. The number of aliphatic hydroxyl groups is 1. The van der Waals surface area contributed by atoms with Gasteiger partial charge < -0.3 is 10.0 Å². The molecular formula is C15H16N4O2. The lowest BCUT2D eigenvalue weighted by Crippen LogP contribution is -2.41. The van der Waals surface area contributed by atoms with Crippen LogP contribution in [-0.4, -0.2) is 49.8 Å². The average Bonchev–Trinajstić information content (AvgIpc) is 2.90. The van der Waals surface area contributed by atoms with Crippen molar-refractivity contribution in [3.05, 3.63) is 54.1 Å². The minimum absolute atomic E-state index is 0.115. The van der Waals surface area contributed by atoms with Gasteiger partial charge in [-0.2, -0.15) is 10.2 Å². The first-order chi connectivity index (χ1) is 10.3. The molecule has 2 aromatic heterocycles. The normalized spacial score (nSPS) is 21.5. The highest BCUT2D eigenvalue weighted by atomic mass is 16.3. The summed E-state index contributed by atoms with van der Waals surface area (Å²) in [7, 11) is 0. The van der Waals surface area contributed by atoms with E-state index in [4.69, 9.17) is 0 Å². The maximum Gasteiger partial charge on any atom is 0.255 e. The Morgan fingerprint density at radius 1 is 1.29 bits per heavy atom. The van der Waals surface area contributed by atoms with Gasteiger partial charge in [0.15, 0.2) is 0 Å². The minimum atomic E-state index is -0.510. The third-order valence-corrected chi connectivity index (χ3v) is 3.77. The Balaban J connectivity index is 1.79. The van der Waals surface area contributed by atoms with E-state index in [0.717, 1.165) is 5.56 Å². The lowest BCUT2D eigenvalue weighted by Gasteiger charge is -2.26. The molecule has 3 heterocycles. The molecule has 1 aliphatic heterocycles. The predicted octanol–water partition coefficient (Wildman–Crippen LogP) is 0.690. The zero-order valence-electron chi connectivity index (χ0n) is 11.5. The second-order valence-electron chi connectivity index (χ2n) is 5.12. The van der Waals surface area contributed by atoms with E-state index in [2.05, 4.69) is 15.2 Å². The van der Waals surface area contributed by atoms with Crippen molar-refractivity contribution >= 4 is 5.91 Å². The van der Waals surface area contributed by atoms with Gasteiger partial charge in [-0.05, 0) is 30.5 Å². The summed E-state index contributed by atoms with van der Waals surface area (Å²) in [5.41, 5.74) is 1.50. The number of amides is 1. The third kappa shape index (κ3) is 2.90. The summed E-state index contributed by atoms with van der Waals surface area (Å²) >= 11 is 0. The summed E-state index contributed by atoms with van der Waals surface area (Å²) in [6, 6.07) is 5.22. The zero-order valence-corrected chi connectivity index (χ0v) is 11.5. The number of carbonyl (C=O) groups is 1. The number of likely N-dealkylation sites (tertiary alicyclic amines) is 1. The Morgan fingerprint density at radius 2 is 2.19 bits per heavy atom. The Bertz CT molecular complexity index is 606. The highest BCUT2D eigenvalue weighted by molar-refractivity contribution is 5.94. The molecule has 0 unspecified atom stereocenters. The van der Waals surface area contributed by atoms with Crippen LogP contribution in [0.25, 0.3) is 0 Å². The van der Waals surface area contributed by atoms with Crippen LogP contribution in [-0.2, 0) is 6.42 Å². The number of hydrogen-bond acceptors (Lipinski definition) is 5. The SMILES string of the molecule is O=C(c1ccnnc1)N1CC[C@@H](O)[C@@H]1Cc1cccnc1. The molecule has 1 saturated heterocycles. The van der Waals surface area contributed by atoms with Crippen LogP contribution in [0, 0.1) is 0 Å². The van der Waals surface area contributed by atoms with Crippen molar-refractivity contribution in [2.24, 2.45) is 0 Å². The molecule has 0 aliphatic carbocycles. The Morgan fingerprint density at radius 3 is 2.90 bits per heavy atom. The number of nitrogens with zero attached hydrogens (tertiary/aromatic N) is 4. The van der Waals surface area contributed by atoms with Gasteiger partial charge in [0.25, 0.3) is 5.91 Å². The van der Waals surface area contributed by atoms with Crippen molar-refractivity contribution in [1.29, 1.82) is 0 Å². The highest BCUT2D eigenvalue weighted by Gasteiger charge is 2.36. The Kier molecular flexibility index (Phi) is 3.87. The molecule has 0 radical (unpaired) electrons. The number of aliphatic hydroxyl groups excluding tert-OH is 1. The molecule has 0 saturated carbocycles. The predicted molar refractivity (Wildman–Crippen MR) is 75.4 cm³/mol. The van der Waals surface area contributed by atoms with Crippen molar-refractivity contribution in [2.45, 2.75) is 25.0 Å². The van der Waals surface area contributed by atoms with Crippen molar-refractivity contribution in [1.82, 2.24) is 20.1 Å². The molecule has 1 fully saturated rings. The van der Waals surface area contributed by atoms with Gasteiger partial charge in [0, 0.05) is 18.9 Å². The van der Waals surface area contributed by atoms with Crippen LogP contribution in [0.15, 0.2) is 43.0 Å². The third-order valence-electron chi connectivity index (χ3n) is 3.77. The number of pyridine rings is 1. The summed E-state index contributed by atoms with van der Waals surface area (Å²) in [6.07, 6.45) is 7.10. The van der Waals surface area contributed by atoms with Gasteiger partial charge in [-0.15, -0.1) is 0 Å². The topological polar surface area (TPSA) is 79.2 Å². The van der Waals surface area contributed by atoms with Crippen LogP contribution >= 0.6 is 0 Å². The maximum absolute atomic E-state index is 12.5. The Labute approximate surface area is 122 Å².